The Morgan fingerprint density at radius 3 is 2.08 bits per heavy atom. The van der Waals surface area contributed by atoms with Crippen molar-refractivity contribution in [1.82, 2.24) is 58.2 Å². The molecule has 2 heterocycles. The van der Waals surface area contributed by atoms with E-state index in [1.54, 1.807) is 42.6 Å². The Kier molecular flexibility index (Phi) is 24.4. The number of carboxylic acid groups (broad SMARTS) is 1. The number of hydrogen-bond acceptors (Lipinski definition) is 13. The zero-order valence-electron chi connectivity index (χ0n) is 42.3. The van der Waals surface area contributed by atoms with Gasteiger partial charge in [0.05, 0.1) is 12.1 Å². The number of carbonyl (C=O) groups is 9. The number of rotatable bonds is 19. The fourth-order valence-corrected chi connectivity index (χ4v) is 8.38. The van der Waals surface area contributed by atoms with Crippen molar-refractivity contribution in [1.29, 1.82) is 10.8 Å². The van der Waals surface area contributed by atoms with Crippen LogP contribution in [0, 0.1) is 10.8 Å². The van der Waals surface area contributed by atoms with Gasteiger partial charge in [-0.15, -0.1) is 0 Å². The number of aliphatic carboxylic acids is 1. The van der Waals surface area contributed by atoms with Crippen LogP contribution in [0.25, 0.3) is 10.9 Å². The molecule has 0 bridgehead atoms. The fourth-order valence-electron chi connectivity index (χ4n) is 8.38. The number of nitrogens with one attached hydrogen (secondary N) is 13. The molecule has 21 N–H and O–H groups in total. The minimum absolute atomic E-state index is 0.0143. The smallest absolute Gasteiger partial charge is 0.326 e. The minimum atomic E-state index is -1.73. The summed E-state index contributed by atoms with van der Waals surface area (Å²) in [6, 6.07) is 5.88. The van der Waals surface area contributed by atoms with Crippen molar-refractivity contribution in [2.24, 2.45) is 17.2 Å². The molecule has 0 aliphatic carbocycles. The number of aliphatic hydroxyl groups excluding tert-OH is 1. The number of fused-ring (bicyclic) bond motifs is 1. The van der Waals surface area contributed by atoms with Crippen LogP contribution in [0.3, 0.4) is 0 Å². The van der Waals surface area contributed by atoms with Crippen molar-refractivity contribution < 1.29 is 53.4 Å². The molecule has 76 heavy (non-hydrogen) atoms. The summed E-state index contributed by atoms with van der Waals surface area (Å²) < 4.78 is 0. The third kappa shape index (κ3) is 20.9. The molecule has 8 atom stereocenters. The molecule has 1 unspecified atom stereocenters. The molecule has 4 rings (SSSR count). The first-order chi connectivity index (χ1) is 36.2. The van der Waals surface area contributed by atoms with Gasteiger partial charge in [-0.25, -0.2) is 4.79 Å². The van der Waals surface area contributed by atoms with Crippen molar-refractivity contribution in [2.45, 2.75) is 132 Å². The number of para-hydroxylation sites is 1. The number of amides is 8. The number of benzene rings is 2. The van der Waals surface area contributed by atoms with E-state index in [1.807, 2.05) is 18.2 Å². The van der Waals surface area contributed by atoms with Gasteiger partial charge in [0, 0.05) is 62.9 Å². The first kappa shape index (κ1) is 60.2. The minimum Gasteiger partial charge on any atom is -0.480 e. The number of guanidine groups is 2. The Morgan fingerprint density at radius 2 is 1.41 bits per heavy atom. The van der Waals surface area contributed by atoms with Crippen LogP contribution >= 0.6 is 0 Å². The van der Waals surface area contributed by atoms with Crippen LogP contribution in [-0.4, -0.2) is 148 Å². The quantitative estimate of drug-likeness (QED) is 0.0318. The number of H-pyrrole nitrogens is 1. The fraction of sp³-hybridized carbons (Fsp3) is 0.490. The summed E-state index contributed by atoms with van der Waals surface area (Å²) in [7, 11) is 0. The Bertz CT molecular complexity index is 2510. The second kappa shape index (κ2) is 30.8. The van der Waals surface area contributed by atoms with Gasteiger partial charge in [-0.3, -0.25) is 54.5 Å². The topological polar surface area (TPSA) is 456 Å². The zero-order valence-corrected chi connectivity index (χ0v) is 42.3. The molecular weight excluding hydrogens is 989 g/mol. The molecule has 8 amide bonds. The number of nitrogens with two attached hydrogens (primary N) is 3. The van der Waals surface area contributed by atoms with Crippen molar-refractivity contribution in [3.8, 4) is 0 Å². The first-order valence-electron chi connectivity index (χ1n) is 25.0. The van der Waals surface area contributed by atoms with Gasteiger partial charge in [-0.05, 0) is 75.0 Å². The summed E-state index contributed by atoms with van der Waals surface area (Å²) in [4.78, 5) is 125. The summed E-state index contributed by atoms with van der Waals surface area (Å²) in [5, 5.41) is 64.4. The van der Waals surface area contributed by atoms with Crippen LogP contribution < -0.4 is 70.4 Å². The lowest BCUT2D eigenvalue weighted by molar-refractivity contribution is -0.142. The second-order valence-electron chi connectivity index (χ2n) is 18.4. The van der Waals surface area contributed by atoms with Crippen molar-refractivity contribution in [2.75, 3.05) is 19.6 Å². The predicted molar refractivity (Wildman–Crippen MR) is 278 cm³/mol. The van der Waals surface area contributed by atoms with Crippen LogP contribution in [0.5, 0.6) is 0 Å². The van der Waals surface area contributed by atoms with E-state index in [1.165, 1.54) is 6.92 Å². The maximum Gasteiger partial charge on any atom is 0.326 e. The molecule has 1 saturated heterocycles. The Balaban J connectivity index is 1.77. The molecular formula is C49H72N16O11. The Morgan fingerprint density at radius 1 is 0.763 bits per heavy atom. The number of carbonyl (C=O) groups excluding carboxylic acids is 8. The number of hydrogen-bond donors (Lipinski definition) is 18. The summed E-state index contributed by atoms with van der Waals surface area (Å²) in [6.45, 7) is 1.36. The Labute approximate surface area is 438 Å². The van der Waals surface area contributed by atoms with Crippen molar-refractivity contribution in [3.05, 3.63) is 71.9 Å². The highest BCUT2D eigenvalue weighted by molar-refractivity contribution is 5.96. The lowest BCUT2D eigenvalue weighted by Crippen LogP contribution is -2.61. The van der Waals surface area contributed by atoms with Crippen LogP contribution in [0.2, 0.25) is 0 Å². The summed E-state index contributed by atoms with van der Waals surface area (Å²) >= 11 is 0. The molecule has 414 valence electrons. The van der Waals surface area contributed by atoms with Gasteiger partial charge in [0.25, 0.3) is 0 Å². The third-order valence-corrected chi connectivity index (χ3v) is 12.3. The molecule has 1 aromatic heterocycles. The largest absolute Gasteiger partial charge is 0.480 e. The molecule has 0 radical (unpaired) electrons. The average Bonchev–Trinajstić information content (AvgIpc) is 3.78. The first-order valence-corrected chi connectivity index (χ1v) is 25.0. The summed E-state index contributed by atoms with van der Waals surface area (Å²) in [5.41, 5.74) is 18.3. The van der Waals surface area contributed by atoms with E-state index in [0.717, 1.165) is 10.9 Å². The molecule has 1 fully saturated rings. The highest BCUT2D eigenvalue weighted by Crippen LogP contribution is 2.20. The highest BCUT2D eigenvalue weighted by atomic mass is 16.4. The molecule has 0 spiro atoms. The standard InChI is InChI=1S/C49H72N16O11/c1-27(66)59-32(14-7-22-56-48(51)52)41(69)62-35-18-20-40(68)55-21-9-16-36(47(75)76)63-46(74)38(25-29-26-58-31-13-6-5-12-30(29)31)65-42(70)33(15-8-23-57-49(53)54)60-45(73)37(24-28-10-3-2-4-11-28)64-44(72)34(61-43(35)71)17-19-39(50)67/h2-6,10-13,26,32-38,42,58,65,70H,7-9,14-25H2,1H3,(H2,50,67)(H,55,68)(H,59,66)(H,60,73)(H,61,71)(H,62,69)(H,63,74)(H,64,72)(H,75,76)(H4,51,52,56)(H4,53,54,57)/t32-,33+,34+,35+,36+,37-,38+,42?/m1/s1. The van der Waals surface area contributed by atoms with Gasteiger partial charge < -0.3 is 80.2 Å². The second-order valence-corrected chi connectivity index (χ2v) is 18.4. The molecule has 2 aromatic carbocycles. The molecule has 0 saturated carbocycles. The van der Waals surface area contributed by atoms with Gasteiger partial charge in [-0.1, -0.05) is 48.5 Å². The maximum atomic E-state index is 14.6. The van der Waals surface area contributed by atoms with Gasteiger partial charge >= 0.3 is 5.97 Å². The van der Waals surface area contributed by atoms with Gasteiger partial charge in [0.15, 0.2) is 11.9 Å². The van der Waals surface area contributed by atoms with Crippen molar-refractivity contribution in [3.63, 3.8) is 0 Å². The number of aromatic nitrogens is 1. The van der Waals surface area contributed by atoms with E-state index in [-0.39, 0.29) is 89.3 Å². The summed E-state index contributed by atoms with van der Waals surface area (Å²) in [6.07, 6.45) is -1.61. The number of primary amides is 1. The molecule has 27 nitrogen and oxygen atoms in total. The van der Waals surface area contributed by atoms with E-state index in [9.17, 15) is 53.4 Å². The van der Waals surface area contributed by atoms with Crippen molar-refractivity contribution >= 4 is 76.0 Å². The third-order valence-electron chi connectivity index (χ3n) is 12.3. The van der Waals surface area contributed by atoms with E-state index >= 15 is 0 Å². The van der Waals surface area contributed by atoms with Crippen LogP contribution in [0.1, 0.15) is 82.3 Å². The van der Waals surface area contributed by atoms with Gasteiger partial charge in [0.1, 0.15) is 36.4 Å². The van der Waals surface area contributed by atoms with E-state index < -0.39 is 121 Å². The Hall–Kier alpha value is -8.33. The monoisotopic (exact) mass is 1060 g/mol. The normalized spacial score (nSPS) is 22.0. The SMILES string of the molecule is CC(=O)N[C@H](CCCNC(=N)N)C(=O)N[C@H]1CCC(=O)NCCC[C@@H](C(=O)O)NC(=O)[C@H](Cc2c[nH]c3ccccc23)NC(O)[C@H](CCCNC(=N)N)NC(=O)[C@@H](Cc2ccccc2)NC(=O)[C@H](CCC(N)=O)NC1=O. The maximum absolute atomic E-state index is 14.6. The molecule has 27 heteroatoms. The zero-order chi connectivity index (χ0) is 55.7. The number of aromatic amines is 1. The number of aliphatic hydroxyl groups is 1. The van der Waals surface area contributed by atoms with Gasteiger partial charge in [-0.2, -0.15) is 0 Å². The molecule has 1 aliphatic rings. The van der Waals surface area contributed by atoms with Crippen LogP contribution in [-0.2, 0) is 56.0 Å². The van der Waals surface area contributed by atoms with Gasteiger partial charge in [0.2, 0.25) is 47.3 Å². The van der Waals surface area contributed by atoms with E-state index in [2.05, 4.69) is 58.2 Å². The summed E-state index contributed by atoms with van der Waals surface area (Å²) in [5.74, 6) is -8.59. The number of carboxylic acids is 1. The highest BCUT2D eigenvalue weighted by Gasteiger charge is 2.35. The molecule has 1 aliphatic heterocycles. The predicted octanol–water partition coefficient (Wildman–Crippen LogP) is -3.27. The van der Waals surface area contributed by atoms with Crippen LogP contribution in [0.4, 0.5) is 0 Å². The van der Waals surface area contributed by atoms with E-state index in [4.69, 9.17) is 28.0 Å². The average molecular weight is 1060 g/mol. The van der Waals surface area contributed by atoms with E-state index in [0.29, 0.717) is 11.1 Å². The lowest BCUT2D eigenvalue weighted by Gasteiger charge is -2.31. The lowest BCUT2D eigenvalue weighted by atomic mass is 10.0. The van der Waals surface area contributed by atoms with Crippen LogP contribution in [0.15, 0.2) is 60.8 Å². The molecule has 3 aromatic rings.